The molecule has 0 saturated carbocycles. The monoisotopic (exact) mass is 549 g/mol. The third-order valence-electron chi connectivity index (χ3n) is 7.02. The highest BCUT2D eigenvalue weighted by molar-refractivity contribution is 7.71. The lowest BCUT2D eigenvalue weighted by molar-refractivity contribution is -0.00745. The standard InChI is InChI=1S/C13H16FN3O2.C12H13ClN2O2S/c1-6-4-5-9(14)10(7(6)2)8(3)11(15)12-16-17-13(18)19-12;13-9-3-4-10(18)14-11(9)12(16)15-7-1-2-8(15)6-17-5-7/h4-5,8,11H,15H2,1-3H3,(H,17,18);3-4,7-8H,1-2,5-6H2,(H,14,18). The van der Waals surface area contributed by atoms with Crippen molar-refractivity contribution in [3.8, 4) is 0 Å². The first-order valence-electron chi connectivity index (χ1n) is 11.9. The summed E-state index contributed by atoms with van der Waals surface area (Å²) >= 11 is 11.1. The van der Waals surface area contributed by atoms with Crippen molar-refractivity contribution in [2.24, 2.45) is 5.73 Å². The molecule has 2 saturated heterocycles. The predicted octanol–water partition coefficient (Wildman–Crippen LogP) is 4.32. The van der Waals surface area contributed by atoms with Crippen LogP contribution in [-0.2, 0) is 4.74 Å². The maximum absolute atomic E-state index is 14.0. The van der Waals surface area contributed by atoms with E-state index < -0.39 is 11.8 Å². The van der Waals surface area contributed by atoms with Gasteiger partial charge in [0.05, 0.1) is 36.4 Å². The number of aromatic nitrogens is 3. The molecule has 4 atom stereocenters. The lowest BCUT2D eigenvalue weighted by atomic mass is 9.88. The Labute approximate surface area is 223 Å². The Morgan fingerprint density at radius 2 is 1.92 bits per heavy atom. The number of nitrogens with two attached hydrogens (primary N) is 1. The Hall–Kier alpha value is -2.86. The van der Waals surface area contributed by atoms with Crippen LogP contribution in [0.4, 0.5) is 4.39 Å². The number of H-pyrrole nitrogens is 2. The molecule has 1 aromatic carbocycles. The van der Waals surface area contributed by atoms with Gasteiger partial charge in [0, 0.05) is 5.92 Å². The fourth-order valence-corrected chi connectivity index (χ4v) is 5.20. The topological polar surface area (TPSA) is 130 Å². The van der Waals surface area contributed by atoms with E-state index in [-0.39, 0.29) is 35.6 Å². The molecule has 2 bridgehead atoms. The summed E-state index contributed by atoms with van der Waals surface area (Å²) in [5.74, 6) is -1.32. The van der Waals surface area contributed by atoms with Crippen molar-refractivity contribution in [1.29, 1.82) is 0 Å². The van der Waals surface area contributed by atoms with Gasteiger partial charge in [-0.3, -0.25) is 4.79 Å². The molecule has 12 heteroatoms. The van der Waals surface area contributed by atoms with Gasteiger partial charge in [0.1, 0.15) is 16.2 Å². The maximum atomic E-state index is 14.0. The smallest absolute Gasteiger partial charge is 0.391 e. The zero-order valence-electron chi connectivity index (χ0n) is 20.7. The van der Waals surface area contributed by atoms with Crippen LogP contribution >= 0.6 is 23.8 Å². The van der Waals surface area contributed by atoms with E-state index in [2.05, 4.69) is 15.2 Å². The van der Waals surface area contributed by atoms with Gasteiger partial charge in [-0.25, -0.2) is 14.3 Å². The Balaban J connectivity index is 0.000000173. The molecule has 3 aromatic rings. The molecule has 2 aliphatic rings. The molecule has 0 radical (unpaired) electrons. The number of halogens is 2. The molecular weight excluding hydrogens is 521 g/mol. The van der Waals surface area contributed by atoms with E-state index in [1.807, 2.05) is 18.7 Å². The van der Waals surface area contributed by atoms with Gasteiger partial charge in [-0.1, -0.05) is 36.8 Å². The summed E-state index contributed by atoms with van der Waals surface area (Å²) in [6.45, 7) is 6.77. The van der Waals surface area contributed by atoms with Crippen molar-refractivity contribution in [3.63, 3.8) is 0 Å². The molecule has 2 aromatic heterocycles. The average molecular weight is 550 g/mol. The fraction of sp³-hybridized carbons (Fsp3) is 0.440. The highest BCUT2D eigenvalue weighted by Crippen LogP contribution is 2.33. The van der Waals surface area contributed by atoms with Crippen LogP contribution in [0, 0.1) is 24.3 Å². The van der Waals surface area contributed by atoms with Gasteiger partial charge in [-0.2, -0.15) is 0 Å². The summed E-state index contributed by atoms with van der Waals surface area (Å²) in [5.41, 5.74) is 8.74. The van der Waals surface area contributed by atoms with Gasteiger partial charge in [-0.15, -0.1) is 5.10 Å². The molecule has 198 valence electrons. The van der Waals surface area contributed by atoms with Gasteiger partial charge < -0.3 is 24.8 Å². The number of morpholine rings is 1. The molecule has 2 fully saturated rings. The van der Waals surface area contributed by atoms with Crippen LogP contribution in [0.2, 0.25) is 5.02 Å². The summed E-state index contributed by atoms with van der Waals surface area (Å²) in [6.07, 6.45) is 2.00. The normalized spacial score (nSPS) is 20.2. The van der Waals surface area contributed by atoms with Crippen LogP contribution < -0.4 is 11.5 Å². The highest BCUT2D eigenvalue weighted by Gasteiger charge is 2.41. The third-order valence-corrected chi connectivity index (χ3v) is 7.58. The summed E-state index contributed by atoms with van der Waals surface area (Å²) in [7, 11) is 0. The van der Waals surface area contributed by atoms with Gasteiger partial charge in [0.25, 0.3) is 5.91 Å². The van der Waals surface area contributed by atoms with E-state index in [0.717, 1.165) is 24.0 Å². The van der Waals surface area contributed by atoms with Crippen molar-refractivity contribution in [2.75, 3.05) is 13.2 Å². The van der Waals surface area contributed by atoms with Gasteiger partial charge in [-0.05, 0) is 61.6 Å². The van der Waals surface area contributed by atoms with Crippen molar-refractivity contribution in [1.82, 2.24) is 20.1 Å². The molecule has 4 unspecified atom stereocenters. The van der Waals surface area contributed by atoms with Gasteiger partial charge in [0.15, 0.2) is 0 Å². The average Bonchev–Trinajstić information content (AvgIpc) is 3.42. The molecule has 5 rings (SSSR count). The number of fused-ring (bicyclic) bond motifs is 2. The number of pyridine rings is 1. The number of aromatic amines is 2. The minimum atomic E-state index is -0.686. The van der Waals surface area contributed by atoms with Crippen LogP contribution in [0.15, 0.2) is 33.5 Å². The van der Waals surface area contributed by atoms with E-state index in [1.165, 1.54) is 6.07 Å². The van der Waals surface area contributed by atoms with Crippen molar-refractivity contribution in [3.05, 3.63) is 78.6 Å². The molecule has 0 aliphatic carbocycles. The molecule has 4 heterocycles. The van der Waals surface area contributed by atoms with Crippen LogP contribution in [0.25, 0.3) is 0 Å². The molecule has 4 N–H and O–H groups in total. The Bertz CT molecular complexity index is 1390. The van der Waals surface area contributed by atoms with Crippen LogP contribution in [-0.4, -0.2) is 51.3 Å². The first kappa shape index (κ1) is 27.2. The number of rotatable bonds is 4. The van der Waals surface area contributed by atoms with Crippen molar-refractivity contribution >= 4 is 29.7 Å². The largest absolute Gasteiger partial charge is 0.434 e. The zero-order chi connectivity index (χ0) is 26.9. The first-order valence-corrected chi connectivity index (χ1v) is 12.7. The molecule has 0 spiro atoms. The number of nitrogens with one attached hydrogen (secondary N) is 2. The second kappa shape index (κ2) is 11.3. The summed E-state index contributed by atoms with van der Waals surface area (Å²) in [5, 5.41) is 6.26. The molecule has 1 amide bonds. The van der Waals surface area contributed by atoms with Crippen LogP contribution in [0.3, 0.4) is 0 Å². The van der Waals surface area contributed by atoms with E-state index in [9.17, 15) is 14.0 Å². The first-order chi connectivity index (χ1) is 17.6. The molecule has 9 nitrogen and oxygen atoms in total. The SMILES string of the molecule is Cc1ccc(F)c(C(C)C(N)c2n[nH]c(=O)o2)c1C.O=C(c1[nH]c(=S)ccc1Cl)N1C2CCC1COC2. The number of hydrogen-bond donors (Lipinski definition) is 3. The number of benzene rings is 1. The number of carbonyl (C=O) groups is 1. The molecule has 2 aliphatic heterocycles. The van der Waals surface area contributed by atoms with E-state index in [4.69, 9.17) is 38.7 Å². The Kier molecular flexibility index (Phi) is 8.27. The highest BCUT2D eigenvalue weighted by atomic mass is 35.5. The van der Waals surface area contributed by atoms with E-state index in [0.29, 0.717) is 34.1 Å². The number of aryl methyl sites for hydroxylation is 1. The minimum absolute atomic E-state index is 0.0671. The predicted molar refractivity (Wildman–Crippen MR) is 139 cm³/mol. The van der Waals surface area contributed by atoms with Crippen LogP contribution in [0.5, 0.6) is 0 Å². The fourth-order valence-electron chi connectivity index (χ4n) is 4.84. The Morgan fingerprint density at radius 1 is 1.24 bits per heavy atom. The van der Waals surface area contributed by atoms with Gasteiger partial charge >= 0.3 is 5.76 Å². The summed E-state index contributed by atoms with van der Waals surface area (Å²) in [6, 6.07) is 6.15. The zero-order valence-corrected chi connectivity index (χ0v) is 22.3. The van der Waals surface area contributed by atoms with Crippen LogP contribution in [0.1, 0.15) is 64.8 Å². The molecule has 37 heavy (non-hydrogen) atoms. The quantitative estimate of drug-likeness (QED) is 0.413. The minimum Gasteiger partial charge on any atom is -0.391 e. The van der Waals surface area contributed by atoms with Crippen molar-refractivity contribution < 1.29 is 18.3 Å². The lowest BCUT2D eigenvalue weighted by Crippen LogP contribution is -2.49. The van der Waals surface area contributed by atoms with E-state index >= 15 is 0 Å². The number of hydrogen-bond acceptors (Lipinski definition) is 7. The third kappa shape index (κ3) is 5.69. The number of amides is 1. The maximum Gasteiger partial charge on any atom is 0.434 e. The van der Waals surface area contributed by atoms with E-state index in [1.54, 1.807) is 25.1 Å². The molecular formula is C25H29ClFN5O4S. The Morgan fingerprint density at radius 3 is 2.54 bits per heavy atom. The number of nitrogens with zero attached hydrogens (tertiary/aromatic N) is 2. The number of carbonyl (C=O) groups excluding carboxylic acids is 1. The second-order valence-electron chi connectivity index (χ2n) is 9.35. The summed E-state index contributed by atoms with van der Waals surface area (Å²) < 4.78 is 24.8. The lowest BCUT2D eigenvalue weighted by Gasteiger charge is -2.34. The van der Waals surface area contributed by atoms with Crippen molar-refractivity contribution in [2.45, 2.75) is 57.7 Å². The van der Waals surface area contributed by atoms with Gasteiger partial charge in [0.2, 0.25) is 5.89 Å². The second-order valence-corrected chi connectivity index (χ2v) is 10.2. The number of ether oxygens (including phenoxy) is 1. The summed E-state index contributed by atoms with van der Waals surface area (Å²) in [4.78, 5) is 28.3.